The summed E-state index contributed by atoms with van der Waals surface area (Å²) in [6, 6.07) is 8.90. The molecule has 1 amide bonds. The number of fused-ring (bicyclic) bond motifs is 1. The molecular formula is C19H21N3O3. The van der Waals surface area contributed by atoms with Crippen LogP contribution in [-0.4, -0.2) is 44.8 Å². The molecule has 2 heterocycles. The summed E-state index contributed by atoms with van der Waals surface area (Å²) >= 11 is 0. The van der Waals surface area contributed by atoms with E-state index in [4.69, 9.17) is 0 Å². The first-order valence-corrected chi connectivity index (χ1v) is 8.34. The van der Waals surface area contributed by atoms with Crippen molar-refractivity contribution < 1.29 is 14.7 Å². The molecule has 1 unspecified atom stereocenters. The number of nitrogens with zero attached hydrogens (tertiary/aromatic N) is 3. The molecule has 0 saturated heterocycles. The second kappa shape index (κ2) is 5.95. The Hall–Kier alpha value is -2.76. The van der Waals surface area contributed by atoms with Crippen LogP contribution < -0.4 is 0 Å². The minimum atomic E-state index is -1.09. The zero-order chi connectivity index (χ0) is 18.4. The smallest absolute Gasteiger partial charge is 0.338 e. The van der Waals surface area contributed by atoms with Crippen molar-refractivity contribution in [2.24, 2.45) is 10.9 Å². The third-order valence-corrected chi connectivity index (χ3v) is 5.06. The normalized spacial score (nSPS) is 20.4. The van der Waals surface area contributed by atoms with Crippen molar-refractivity contribution in [3.05, 3.63) is 41.6 Å². The molecule has 6 heteroatoms. The molecule has 0 aliphatic carbocycles. The lowest BCUT2D eigenvalue weighted by Gasteiger charge is -2.38. The number of hydrogen-bond donors (Lipinski definition) is 1. The molecule has 3 rings (SSSR count). The zero-order valence-electron chi connectivity index (χ0n) is 14.8. The van der Waals surface area contributed by atoms with E-state index < -0.39 is 11.5 Å². The predicted molar refractivity (Wildman–Crippen MR) is 95.9 cm³/mol. The fraction of sp³-hybridized carbons (Fsp3) is 0.368. The lowest BCUT2D eigenvalue weighted by atomic mass is 9.86. The Balaban J connectivity index is 2.25. The first kappa shape index (κ1) is 17.1. The van der Waals surface area contributed by atoms with Crippen LogP contribution in [0.5, 0.6) is 0 Å². The minimum absolute atomic E-state index is 0.0231. The topological polar surface area (TPSA) is 82.9 Å². The fourth-order valence-electron chi connectivity index (χ4n) is 3.27. The van der Waals surface area contributed by atoms with Gasteiger partial charge in [-0.3, -0.25) is 4.79 Å². The number of para-hydroxylation sites is 1. The van der Waals surface area contributed by atoms with Gasteiger partial charge in [-0.15, -0.1) is 0 Å². The summed E-state index contributed by atoms with van der Waals surface area (Å²) in [5, 5.41) is 10.4. The maximum Gasteiger partial charge on any atom is 0.338 e. The lowest BCUT2D eigenvalue weighted by molar-refractivity contribution is -0.126. The Labute approximate surface area is 146 Å². The van der Waals surface area contributed by atoms with Crippen molar-refractivity contribution in [1.82, 2.24) is 9.88 Å². The van der Waals surface area contributed by atoms with Gasteiger partial charge < -0.3 is 10.0 Å². The van der Waals surface area contributed by atoms with Crippen LogP contribution in [0.3, 0.4) is 0 Å². The van der Waals surface area contributed by atoms with Gasteiger partial charge in [-0.05, 0) is 31.9 Å². The van der Waals surface area contributed by atoms with Gasteiger partial charge in [0.2, 0.25) is 0 Å². The fourth-order valence-corrected chi connectivity index (χ4v) is 3.27. The molecule has 0 spiro atoms. The standard InChI is InChI=1S/C19H21N3O3/c1-5-22-16(21-18(25)19(22,4)11(2)3)15-13(17(23)24)10-12-8-6-7-9-14(12)20-15/h6-11H,5H2,1-4H3,(H,23,24). The highest BCUT2D eigenvalue weighted by molar-refractivity contribution is 6.16. The van der Waals surface area contributed by atoms with E-state index in [-0.39, 0.29) is 23.1 Å². The van der Waals surface area contributed by atoms with Crippen molar-refractivity contribution in [3.8, 4) is 0 Å². The van der Waals surface area contributed by atoms with Crippen molar-refractivity contribution in [3.63, 3.8) is 0 Å². The van der Waals surface area contributed by atoms with Gasteiger partial charge in [0.15, 0.2) is 5.84 Å². The monoisotopic (exact) mass is 339 g/mol. The van der Waals surface area contributed by atoms with E-state index in [1.54, 1.807) is 6.07 Å². The Morgan fingerprint density at radius 2 is 2.00 bits per heavy atom. The lowest BCUT2D eigenvalue weighted by Crippen LogP contribution is -2.53. The highest BCUT2D eigenvalue weighted by atomic mass is 16.4. The summed E-state index contributed by atoms with van der Waals surface area (Å²) in [4.78, 5) is 35.0. The molecule has 2 aromatic rings. The van der Waals surface area contributed by atoms with Gasteiger partial charge in [-0.1, -0.05) is 32.0 Å². The summed E-state index contributed by atoms with van der Waals surface area (Å²) in [6.45, 7) is 8.24. The average Bonchev–Trinajstić information content (AvgIpc) is 2.85. The number of aromatic carboxylic acids is 1. The third-order valence-electron chi connectivity index (χ3n) is 5.06. The molecule has 1 atom stereocenters. The Bertz CT molecular complexity index is 904. The number of pyridine rings is 1. The van der Waals surface area contributed by atoms with Crippen LogP contribution in [-0.2, 0) is 4.79 Å². The molecule has 1 aliphatic heterocycles. The van der Waals surface area contributed by atoms with E-state index in [9.17, 15) is 14.7 Å². The molecule has 130 valence electrons. The quantitative estimate of drug-likeness (QED) is 0.926. The van der Waals surface area contributed by atoms with Gasteiger partial charge in [-0.25, -0.2) is 9.78 Å². The number of aliphatic imine (C=N–C) groups is 1. The second-order valence-corrected chi connectivity index (χ2v) is 6.67. The first-order chi connectivity index (χ1) is 11.8. The van der Waals surface area contributed by atoms with Gasteiger partial charge >= 0.3 is 5.97 Å². The molecule has 0 saturated carbocycles. The van der Waals surface area contributed by atoms with Crippen LogP contribution in [0.1, 0.15) is 43.7 Å². The summed E-state index contributed by atoms with van der Waals surface area (Å²) < 4.78 is 0. The number of likely N-dealkylation sites (N-methyl/N-ethyl adjacent to an activating group) is 1. The number of rotatable bonds is 4. The van der Waals surface area contributed by atoms with Gasteiger partial charge in [0.05, 0.1) is 11.1 Å². The second-order valence-electron chi connectivity index (χ2n) is 6.67. The largest absolute Gasteiger partial charge is 0.478 e. The van der Waals surface area contributed by atoms with Crippen LogP contribution >= 0.6 is 0 Å². The number of carbonyl (C=O) groups is 2. The summed E-state index contributed by atoms with van der Waals surface area (Å²) in [5.74, 6) is -0.981. The van der Waals surface area contributed by atoms with Gasteiger partial charge in [-0.2, -0.15) is 4.99 Å². The molecule has 1 aromatic carbocycles. The first-order valence-electron chi connectivity index (χ1n) is 8.34. The molecule has 25 heavy (non-hydrogen) atoms. The number of amides is 1. The highest BCUT2D eigenvalue weighted by Gasteiger charge is 2.49. The zero-order valence-corrected chi connectivity index (χ0v) is 14.8. The number of amidine groups is 1. The van der Waals surface area contributed by atoms with Gasteiger partial charge in [0.25, 0.3) is 5.91 Å². The molecule has 1 aliphatic rings. The maximum absolute atomic E-state index is 12.6. The van der Waals surface area contributed by atoms with Crippen LogP contribution in [0, 0.1) is 5.92 Å². The molecular weight excluding hydrogens is 318 g/mol. The Morgan fingerprint density at radius 1 is 1.32 bits per heavy atom. The SMILES string of the molecule is CCN1C(c2nc3ccccc3cc2C(=O)O)=NC(=O)C1(C)C(C)C. The molecule has 0 bridgehead atoms. The van der Waals surface area contributed by atoms with E-state index >= 15 is 0 Å². The molecule has 1 aromatic heterocycles. The highest BCUT2D eigenvalue weighted by Crippen LogP contribution is 2.34. The molecule has 0 radical (unpaired) electrons. The maximum atomic E-state index is 12.6. The number of carboxylic acids is 1. The molecule has 0 fully saturated rings. The van der Waals surface area contributed by atoms with E-state index in [0.29, 0.717) is 17.9 Å². The van der Waals surface area contributed by atoms with Crippen molar-refractivity contribution >= 4 is 28.6 Å². The predicted octanol–water partition coefficient (Wildman–Crippen LogP) is 2.96. The number of aromatic nitrogens is 1. The number of benzene rings is 1. The van der Waals surface area contributed by atoms with E-state index in [1.165, 1.54) is 0 Å². The van der Waals surface area contributed by atoms with Crippen molar-refractivity contribution in [1.29, 1.82) is 0 Å². The summed E-state index contributed by atoms with van der Waals surface area (Å²) in [5.41, 5.74) is 0.169. The summed E-state index contributed by atoms with van der Waals surface area (Å²) in [7, 11) is 0. The average molecular weight is 339 g/mol. The summed E-state index contributed by atoms with van der Waals surface area (Å²) in [6.07, 6.45) is 0. The van der Waals surface area contributed by atoms with Crippen LogP contribution in [0.2, 0.25) is 0 Å². The number of hydrogen-bond acceptors (Lipinski definition) is 4. The molecule has 6 nitrogen and oxygen atoms in total. The van der Waals surface area contributed by atoms with Crippen LogP contribution in [0.25, 0.3) is 10.9 Å². The van der Waals surface area contributed by atoms with E-state index in [1.807, 2.05) is 56.9 Å². The molecule has 1 N–H and O–H groups in total. The van der Waals surface area contributed by atoms with E-state index in [0.717, 1.165) is 5.39 Å². The number of carboxylic acid groups (broad SMARTS) is 1. The van der Waals surface area contributed by atoms with E-state index in [2.05, 4.69) is 9.98 Å². The Kier molecular flexibility index (Phi) is 4.06. The third kappa shape index (κ3) is 2.49. The number of carbonyl (C=O) groups excluding carboxylic acids is 1. The van der Waals surface area contributed by atoms with Crippen LogP contribution in [0.15, 0.2) is 35.3 Å². The van der Waals surface area contributed by atoms with Gasteiger partial charge in [0, 0.05) is 11.9 Å². The van der Waals surface area contributed by atoms with Gasteiger partial charge in [0.1, 0.15) is 11.2 Å². The van der Waals surface area contributed by atoms with Crippen molar-refractivity contribution in [2.45, 2.75) is 33.2 Å². The Morgan fingerprint density at radius 3 is 2.60 bits per heavy atom. The van der Waals surface area contributed by atoms with Crippen LogP contribution in [0.4, 0.5) is 0 Å². The van der Waals surface area contributed by atoms with Crippen molar-refractivity contribution in [2.75, 3.05) is 6.54 Å². The minimum Gasteiger partial charge on any atom is -0.478 e.